The molecule has 0 saturated carbocycles. The summed E-state index contributed by atoms with van der Waals surface area (Å²) in [4.78, 5) is 26.8. The Balaban J connectivity index is 2.92. The van der Waals surface area contributed by atoms with Gasteiger partial charge in [-0.25, -0.2) is 9.59 Å². The molecule has 2 N–H and O–H groups in total. The second kappa shape index (κ2) is 7.77. The second-order valence-electron chi connectivity index (χ2n) is 4.77. The van der Waals surface area contributed by atoms with Crippen LogP contribution >= 0.6 is 31.9 Å². The molecule has 0 radical (unpaired) electrons. The number of carbonyl (C=O) groups excluding carboxylic acids is 1. The molecule has 0 saturated heterocycles. The Morgan fingerprint density at radius 2 is 1.81 bits per heavy atom. The molecule has 116 valence electrons. The molecule has 0 bridgehead atoms. The van der Waals surface area contributed by atoms with Crippen molar-refractivity contribution in [2.75, 3.05) is 39.5 Å². The van der Waals surface area contributed by atoms with Crippen molar-refractivity contribution in [3.05, 3.63) is 26.6 Å². The van der Waals surface area contributed by atoms with Gasteiger partial charge in [0.1, 0.15) is 0 Å². The van der Waals surface area contributed by atoms with Crippen LogP contribution < -0.4 is 5.32 Å². The number of urea groups is 1. The monoisotopic (exact) mass is 421 g/mol. The molecule has 8 heteroatoms. The molecule has 0 aliphatic carbocycles. The summed E-state index contributed by atoms with van der Waals surface area (Å²) in [5.74, 6) is -1.11. The number of hydrogen-bond donors (Lipinski definition) is 2. The lowest BCUT2D eigenvalue weighted by Gasteiger charge is -2.21. The third-order valence-corrected chi connectivity index (χ3v) is 3.83. The number of nitrogens with one attached hydrogen (secondary N) is 1. The Morgan fingerprint density at radius 3 is 2.33 bits per heavy atom. The van der Waals surface area contributed by atoms with Crippen LogP contribution in [-0.2, 0) is 0 Å². The highest BCUT2D eigenvalue weighted by Crippen LogP contribution is 2.31. The summed E-state index contributed by atoms with van der Waals surface area (Å²) in [6.45, 7) is 1.26. The van der Waals surface area contributed by atoms with E-state index in [4.69, 9.17) is 0 Å². The third-order valence-electron chi connectivity index (χ3n) is 2.75. The number of benzene rings is 1. The van der Waals surface area contributed by atoms with Crippen LogP contribution in [0.15, 0.2) is 21.1 Å². The first-order chi connectivity index (χ1) is 9.72. The number of halogens is 2. The van der Waals surface area contributed by atoms with Crippen LogP contribution in [0.4, 0.5) is 10.5 Å². The number of likely N-dealkylation sites (N-methyl/N-ethyl adjacent to an activating group) is 2. The molecular formula is C13H17Br2N3O3. The summed E-state index contributed by atoms with van der Waals surface area (Å²) in [6, 6.07) is 2.77. The Morgan fingerprint density at radius 1 is 1.19 bits per heavy atom. The standard InChI is InChI=1S/C13H17Br2N3O3/c1-17(2)4-5-18(3)13(21)16-11-9(12(19)20)6-8(14)7-10(11)15/h6-7H,4-5H2,1-3H3,(H,16,21)(H,19,20). The summed E-state index contributed by atoms with van der Waals surface area (Å²) >= 11 is 6.50. The van der Waals surface area contributed by atoms with Crippen LogP contribution in [0.3, 0.4) is 0 Å². The molecule has 6 nitrogen and oxygen atoms in total. The summed E-state index contributed by atoms with van der Waals surface area (Å²) in [6.07, 6.45) is 0. The van der Waals surface area contributed by atoms with Crippen LogP contribution in [0.1, 0.15) is 10.4 Å². The second-order valence-corrected chi connectivity index (χ2v) is 6.54. The molecule has 2 amide bonds. The highest BCUT2D eigenvalue weighted by Gasteiger charge is 2.18. The molecule has 1 aromatic carbocycles. The molecule has 0 spiro atoms. The molecule has 21 heavy (non-hydrogen) atoms. The molecule has 0 unspecified atom stereocenters. The third kappa shape index (κ3) is 5.29. The summed E-state index contributed by atoms with van der Waals surface area (Å²) in [7, 11) is 5.49. The topological polar surface area (TPSA) is 72.9 Å². The maximum Gasteiger partial charge on any atom is 0.337 e. The van der Waals surface area contributed by atoms with Gasteiger partial charge >= 0.3 is 12.0 Å². The Hall–Kier alpha value is -1.12. The highest BCUT2D eigenvalue weighted by atomic mass is 79.9. The number of nitrogens with zero attached hydrogens (tertiary/aromatic N) is 2. The first-order valence-electron chi connectivity index (χ1n) is 6.11. The number of carboxylic acid groups (broad SMARTS) is 1. The van der Waals surface area contributed by atoms with Crippen LogP contribution in [0.25, 0.3) is 0 Å². The number of anilines is 1. The molecule has 1 rings (SSSR count). The fourth-order valence-corrected chi connectivity index (χ4v) is 2.85. The van der Waals surface area contributed by atoms with Crippen LogP contribution in [0, 0.1) is 0 Å². The summed E-state index contributed by atoms with van der Waals surface area (Å²) < 4.78 is 1.12. The number of carboxylic acids is 1. The maximum atomic E-state index is 12.1. The van der Waals surface area contributed by atoms with Gasteiger partial charge in [-0.15, -0.1) is 0 Å². The van der Waals surface area contributed by atoms with Gasteiger partial charge < -0.3 is 20.2 Å². The Bertz CT molecular complexity index is 550. The van der Waals surface area contributed by atoms with Gasteiger partial charge in [0, 0.05) is 29.1 Å². The van der Waals surface area contributed by atoms with Gasteiger partial charge in [0.25, 0.3) is 0 Å². The van der Waals surface area contributed by atoms with E-state index in [1.165, 1.54) is 11.0 Å². The average molecular weight is 423 g/mol. The van der Waals surface area contributed by atoms with Crippen molar-refractivity contribution in [2.24, 2.45) is 0 Å². The molecule has 1 aromatic rings. The van der Waals surface area contributed by atoms with Crippen molar-refractivity contribution >= 4 is 49.5 Å². The van der Waals surface area contributed by atoms with E-state index in [2.05, 4.69) is 37.2 Å². The van der Waals surface area contributed by atoms with Gasteiger partial charge in [-0.1, -0.05) is 15.9 Å². The number of hydrogen-bond acceptors (Lipinski definition) is 3. The number of rotatable bonds is 5. The number of amides is 2. The molecular weight excluding hydrogens is 406 g/mol. The van der Waals surface area contributed by atoms with Crippen molar-refractivity contribution in [1.82, 2.24) is 9.80 Å². The molecule has 0 aliphatic rings. The van der Waals surface area contributed by atoms with Crippen LogP contribution in [0.5, 0.6) is 0 Å². The predicted molar refractivity (Wildman–Crippen MR) is 89.0 cm³/mol. The largest absolute Gasteiger partial charge is 0.478 e. The predicted octanol–water partition coefficient (Wildman–Crippen LogP) is 2.94. The van der Waals surface area contributed by atoms with Crippen molar-refractivity contribution in [1.29, 1.82) is 0 Å². The van der Waals surface area contributed by atoms with E-state index in [1.807, 2.05) is 19.0 Å². The van der Waals surface area contributed by atoms with Crippen molar-refractivity contribution in [2.45, 2.75) is 0 Å². The smallest absolute Gasteiger partial charge is 0.337 e. The van der Waals surface area contributed by atoms with Gasteiger partial charge in [-0.2, -0.15) is 0 Å². The van der Waals surface area contributed by atoms with E-state index in [9.17, 15) is 14.7 Å². The van der Waals surface area contributed by atoms with Gasteiger partial charge in [-0.05, 0) is 42.2 Å². The van der Waals surface area contributed by atoms with E-state index in [-0.39, 0.29) is 17.3 Å². The van der Waals surface area contributed by atoms with Gasteiger partial charge in [0.05, 0.1) is 11.3 Å². The van der Waals surface area contributed by atoms with E-state index in [1.54, 1.807) is 13.1 Å². The summed E-state index contributed by atoms with van der Waals surface area (Å²) in [5.41, 5.74) is 0.262. The van der Waals surface area contributed by atoms with Crippen LogP contribution in [0.2, 0.25) is 0 Å². The lowest BCUT2D eigenvalue weighted by molar-refractivity contribution is 0.0698. The van der Waals surface area contributed by atoms with E-state index < -0.39 is 5.97 Å². The first kappa shape index (κ1) is 17.9. The van der Waals surface area contributed by atoms with Gasteiger partial charge in [0.15, 0.2) is 0 Å². The molecule has 0 fully saturated rings. The Labute approximate surface area is 140 Å². The molecule has 0 heterocycles. The Kier molecular flexibility index (Phi) is 6.63. The lowest BCUT2D eigenvalue weighted by atomic mass is 10.2. The van der Waals surface area contributed by atoms with Crippen molar-refractivity contribution < 1.29 is 14.7 Å². The molecule has 0 atom stereocenters. The quantitative estimate of drug-likeness (QED) is 0.765. The number of aromatic carboxylic acids is 1. The van der Waals surface area contributed by atoms with Crippen molar-refractivity contribution in [3.63, 3.8) is 0 Å². The fraction of sp³-hybridized carbons (Fsp3) is 0.385. The average Bonchev–Trinajstić information content (AvgIpc) is 2.38. The lowest BCUT2D eigenvalue weighted by Crippen LogP contribution is -2.36. The zero-order valence-electron chi connectivity index (χ0n) is 12.0. The zero-order chi connectivity index (χ0) is 16.2. The summed E-state index contributed by atoms with van der Waals surface area (Å²) in [5, 5.41) is 11.9. The van der Waals surface area contributed by atoms with Crippen molar-refractivity contribution in [3.8, 4) is 0 Å². The maximum absolute atomic E-state index is 12.1. The molecule has 0 aromatic heterocycles. The highest BCUT2D eigenvalue weighted by molar-refractivity contribution is 9.11. The minimum Gasteiger partial charge on any atom is -0.478 e. The first-order valence-corrected chi connectivity index (χ1v) is 7.70. The SMILES string of the molecule is CN(C)CCN(C)C(=O)Nc1c(Br)cc(Br)cc1C(=O)O. The number of carbonyl (C=O) groups is 2. The zero-order valence-corrected chi connectivity index (χ0v) is 15.2. The molecule has 0 aliphatic heterocycles. The van der Waals surface area contributed by atoms with Gasteiger partial charge in [0.2, 0.25) is 0 Å². The van der Waals surface area contributed by atoms with E-state index in [0.29, 0.717) is 15.5 Å². The van der Waals surface area contributed by atoms with E-state index >= 15 is 0 Å². The minimum atomic E-state index is -1.11. The van der Waals surface area contributed by atoms with Crippen LogP contribution in [-0.4, -0.2) is 61.1 Å². The van der Waals surface area contributed by atoms with E-state index in [0.717, 1.165) is 6.54 Å². The van der Waals surface area contributed by atoms with Gasteiger partial charge in [-0.3, -0.25) is 0 Å². The minimum absolute atomic E-state index is 0.0191. The normalized spacial score (nSPS) is 10.6. The fourth-order valence-electron chi connectivity index (χ4n) is 1.52.